The van der Waals surface area contributed by atoms with E-state index in [2.05, 4.69) is 26.6 Å². The van der Waals surface area contributed by atoms with Gasteiger partial charge in [0.2, 0.25) is 0 Å². The Morgan fingerprint density at radius 1 is 0.846 bits per heavy atom. The zero-order chi connectivity index (χ0) is 7.07. The van der Waals surface area contributed by atoms with Crippen LogP contribution in [0.1, 0.15) is 0 Å². The van der Waals surface area contributed by atoms with Gasteiger partial charge in [0.1, 0.15) is 0 Å². The second-order valence-electron chi connectivity index (χ2n) is 1.40. The van der Waals surface area contributed by atoms with Gasteiger partial charge in [0.25, 0.3) is 0 Å². The van der Waals surface area contributed by atoms with E-state index in [1.54, 1.807) is 0 Å². The van der Waals surface area contributed by atoms with E-state index in [1.165, 1.54) is 0 Å². The van der Waals surface area contributed by atoms with Gasteiger partial charge < -0.3 is 24.8 Å². The molecule has 2 unspecified atom stereocenters. The molecule has 0 spiro atoms. The van der Waals surface area contributed by atoms with Crippen LogP contribution in [0.2, 0.25) is 0 Å². The Morgan fingerprint density at radius 2 is 1.23 bits per heavy atom. The first kappa shape index (κ1) is 21.2. The van der Waals surface area contributed by atoms with E-state index in [0.717, 1.165) is 0 Å². The van der Waals surface area contributed by atoms with Crippen molar-refractivity contribution in [1.82, 2.24) is 0 Å². The summed E-state index contributed by atoms with van der Waals surface area (Å²) in [5.74, 6) is 0. The van der Waals surface area contributed by atoms with Crippen LogP contribution in [0.3, 0.4) is 0 Å². The van der Waals surface area contributed by atoms with E-state index in [0.29, 0.717) is 30.6 Å². The minimum Gasteiger partial charge on any atom is -1.00 e. The number of hydrogen-bond acceptors (Lipinski definition) is 0. The first-order valence-corrected chi connectivity index (χ1v) is 11.3. The van der Waals surface area contributed by atoms with E-state index in [1.807, 2.05) is 0 Å². The van der Waals surface area contributed by atoms with Crippen molar-refractivity contribution < 1.29 is 51.0 Å². The Hall–Kier alpha value is 2.92. The van der Waals surface area contributed by atoms with Crippen LogP contribution < -0.4 is 24.8 Å². The summed E-state index contributed by atoms with van der Waals surface area (Å²) in [4.78, 5) is 9.13. The molecule has 0 aromatic heterocycles. The van der Waals surface area contributed by atoms with E-state index >= 15 is 0 Å². The molecule has 0 aromatic carbocycles. The molecule has 0 nitrogen and oxygen atoms in total. The van der Waals surface area contributed by atoms with Crippen molar-refractivity contribution in [2.75, 3.05) is 0 Å². The third kappa shape index (κ3) is 14.9. The molecule has 2 aliphatic heterocycles. The monoisotopic (exact) mass is 538 g/mol. The Morgan fingerprint density at radius 3 is 1.31 bits per heavy atom. The summed E-state index contributed by atoms with van der Waals surface area (Å²) in [5.41, 5.74) is 0. The molecular formula is C6H6As4Cl2Zr. The maximum Gasteiger partial charge on any atom is 4.00 e. The third-order valence-electron chi connectivity index (χ3n) is 0.723. The van der Waals surface area contributed by atoms with E-state index in [4.69, 9.17) is 0 Å². The molecule has 0 aliphatic carbocycles. The summed E-state index contributed by atoms with van der Waals surface area (Å²) in [7, 11) is 0. The number of rotatable bonds is 0. The fraction of sp³-hybridized carbons (Fsp3) is 0. The van der Waals surface area contributed by atoms with Crippen LogP contribution >= 0.6 is 0 Å². The van der Waals surface area contributed by atoms with Crippen LogP contribution in [-0.4, -0.2) is 69.3 Å². The Balaban J connectivity index is -0.000000125. The topological polar surface area (TPSA) is 0 Å². The maximum absolute atomic E-state index is 3.33. The Kier molecular flexibility index (Phi) is 28.3. The summed E-state index contributed by atoms with van der Waals surface area (Å²) >= 11 is 1.46. The average molecular weight is 540 g/mol. The van der Waals surface area contributed by atoms with Crippen molar-refractivity contribution >= 4 is 69.3 Å². The van der Waals surface area contributed by atoms with Crippen LogP contribution in [0, 0.1) is 0 Å². The Bertz CT molecular complexity index is 161. The fourth-order valence-corrected chi connectivity index (χ4v) is 10.1. The molecule has 0 saturated carbocycles. The third-order valence-corrected chi connectivity index (χ3v) is 12.6. The molecule has 0 aromatic rings. The zero-order valence-electron chi connectivity index (χ0n) is 6.46. The predicted octanol–water partition coefficient (Wildman–Crippen LogP) is -7.50. The van der Waals surface area contributed by atoms with E-state index in [9.17, 15) is 0 Å². The first-order chi connectivity index (χ1) is 5.00. The quantitative estimate of drug-likeness (QED) is 0.212. The Labute approximate surface area is 137 Å². The predicted molar refractivity (Wildman–Crippen MR) is 54.1 cm³/mol. The molecule has 0 amide bonds. The summed E-state index contributed by atoms with van der Waals surface area (Å²) in [6, 6.07) is 0. The van der Waals surface area contributed by atoms with Crippen LogP contribution in [0.15, 0.2) is 19.5 Å². The molecule has 13 heavy (non-hydrogen) atoms. The first-order valence-electron chi connectivity index (χ1n) is 2.71. The fourth-order valence-electron chi connectivity index (χ4n) is 0.373. The van der Waals surface area contributed by atoms with Gasteiger partial charge in [0.05, 0.1) is 0 Å². The van der Waals surface area contributed by atoms with Gasteiger partial charge in [-0.25, -0.2) is 0 Å². The van der Waals surface area contributed by atoms with Gasteiger partial charge in [0, 0.05) is 0 Å². The van der Waals surface area contributed by atoms with Crippen LogP contribution in [0.25, 0.3) is 0 Å². The van der Waals surface area contributed by atoms with Crippen LogP contribution in [-0.2, 0) is 26.2 Å². The standard InChI is InChI=1S/2C3H3As2.2ClH.Zr/c2*1-2-5-3-4-1;;;/h2*1-2,4H;2*1H;/q2*-1;;;+4/p-2. The van der Waals surface area contributed by atoms with Gasteiger partial charge >= 0.3 is 115 Å². The SMILES string of the molecule is [C-]1=[As]C=C[AsH]1.[C-]1=[As]C=C[AsH]1.[Cl-].[Cl-].[Zr+4]. The molecule has 0 radical (unpaired) electrons. The van der Waals surface area contributed by atoms with E-state index in [-0.39, 0.29) is 82.5 Å². The van der Waals surface area contributed by atoms with E-state index < -0.39 is 0 Å². The van der Waals surface area contributed by atoms with Crippen molar-refractivity contribution in [3.8, 4) is 0 Å². The van der Waals surface area contributed by atoms with Crippen molar-refractivity contribution in [1.29, 1.82) is 0 Å². The van der Waals surface area contributed by atoms with Gasteiger partial charge in [-0.2, -0.15) is 0 Å². The maximum atomic E-state index is 3.33. The van der Waals surface area contributed by atoms with Crippen LogP contribution in [0.5, 0.6) is 0 Å². The number of hydrogen-bond donors (Lipinski definition) is 0. The normalized spacial score (nSPS) is 19.7. The molecule has 2 rings (SSSR count). The molecule has 0 saturated heterocycles. The van der Waals surface area contributed by atoms with Crippen molar-refractivity contribution in [3.63, 3.8) is 0 Å². The smallest absolute Gasteiger partial charge is 1.00 e. The van der Waals surface area contributed by atoms with Gasteiger partial charge in [0.15, 0.2) is 0 Å². The van der Waals surface area contributed by atoms with Crippen LogP contribution in [0.4, 0.5) is 0 Å². The molecular weight excluding hydrogens is 534 g/mol. The molecule has 7 heteroatoms. The molecule has 0 N–H and O–H groups in total. The molecule has 68 valence electrons. The minimum atomic E-state index is 0. The molecule has 2 atom stereocenters. The molecule has 2 heterocycles. The second-order valence-corrected chi connectivity index (χ2v) is 12.2. The largest absolute Gasteiger partial charge is 4.00 e. The second kappa shape index (κ2) is 17.3. The van der Waals surface area contributed by atoms with Crippen molar-refractivity contribution in [2.24, 2.45) is 0 Å². The van der Waals surface area contributed by atoms with Crippen molar-refractivity contribution in [3.05, 3.63) is 19.5 Å². The summed E-state index contributed by atoms with van der Waals surface area (Å²) in [5, 5.41) is 0. The minimum absolute atomic E-state index is 0. The number of halogens is 2. The average Bonchev–Trinajstić information content (AvgIpc) is 2.67. The van der Waals surface area contributed by atoms with Gasteiger partial charge in [-0.3, -0.25) is 0 Å². The summed E-state index contributed by atoms with van der Waals surface area (Å²) in [6.45, 7) is 0. The summed E-state index contributed by atoms with van der Waals surface area (Å²) in [6.07, 6.45) is 0. The van der Waals surface area contributed by atoms with Gasteiger partial charge in [-0.15, -0.1) is 0 Å². The molecule has 2 aliphatic rings. The zero-order valence-corrected chi connectivity index (χ0v) is 18.4. The van der Waals surface area contributed by atoms with Crippen molar-refractivity contribution in [2.45, 2.75) is 0 Å². The summed E-state index contributed by atoms with van der Waals surface area (Å²) < 4.78 is 6.66. The molecule has 0 bridgehead atoms. The molecule has 0 fully saturated rings. The van der Waals surface area contributed by atoms with Gasteiger partial charge in [-0.05, 0) is 0 Å². The van der Waals surface area contributed by atoms with Gasteiger partial charge in [-0.1, -0.05) is 0 Å².